The maximum atomic E-state index is 13.2. The molecule has 7 nitrogen and oxygen atoms in total. The minimum Gasteiger partial charge on any atom is -0.383 e. The van der Waals surface area contributed by atoms with E-state index in [4.69, 9.17) is 5.73 Å². The number of nitrogens with two attached hydrogens (primary N) is 1. The standard InChI is InChI=1S/C12H21N6OP/c1-15(2)20(19,16(3)4)18-12(13)10-17(14-18)11-8-6-5-7-9-11/h5-10,14H,13H2,1-4H3. The summed E-state index contributed by atoms with van der Waals surface area (Å²) in [6.45, 7) is 0. The molecule has 0 radical (unpaired) electrons. The summed E-state index contributed by atoms with van der Waals surface area (Å²) < 4.78 is 18.0. The van der Waals surface area contributed by atoms with E-state index in [1.165, 1.54) is 4.78 Å². The van der Waals surface area contributed by atoms with Crippen LogP contribution in [0.15, 0.2) is 42.4 Å². The van der Waals surface area contributed by atoms with Crippen molar-refractivity contribution in [3.8, 4) is 0 Å². The van der Waals surface area contributed by atoms with E-state index < -0.39 is 7.59 Å². The van der Waals surface area contributed by atoms with Gasteiger partial charge in [0.1, 0.15) is 5.82 Å². The van der Waals surface area contributed by atoms with Crippen LogP contribution in [-0.4, -0.2) is 42.3 Å². The van der Waals surface area contributed by atoms with Gasteiger partial charge >= 0.3 is 7.59 Å². The third-order valence-electron chi connectivity index (χ3n) is 3.05. The predicted molar refractivity (Wildman–Crippen MR) is 81.1 cm³/mol. The molecule has 0 amide bonds. The highest BCUT2D eigenvalue weighted by Gasteiger charge is 2.40. The van der Waals surface area contributed by atoms with Crippen LogP contribution in [0.25, 0.3) is 0 Å². The van der Waals surface area contributed by atoms with Crippen LogP contribution in [0.1, 0.15) is 0 Å². The largest absolute Gasteiger partial charge is 0.383 e. The van der Waals surface area contributed by atoms with E-state index in [2.05, 4.69) is 5.53 Å². The second-order valence-electron chi connectivity index (χ2n) is 4.88. The molecule has 3 N–H and O–H groups in total. The van der Waals surface area contributed by atoms with E-state index in [9.17, 15) is 4.57 Å². The smallest absolute Gasteiger partial charge is 0.326 e. The second kappa shape index (κ2) is 5.46. The molecule has 2 rings (SSSR count). The second-order valence-corrected chi connectivity index (χ2v) is 7.91. The normalized spacial score (nSPS) is 16.2. The predicted octanol–water partition coefficient (Wildman–Crippen LogP) is 1.22. The van der Waals surface area contributed by atoms with Gasteiger partial charge in [-0.25, -0.2) is 9.34 Å². The first-order valence-electron chi connectivity index (χ1n) is 6.21. The third-order valence-corrected chi connectivity index (χ3v) is 5.97. The first-order chi connectivity index (χ1) is 9.37. The summed E-state index contributed by atoms with van der Waals surface area (Å²) in [5, 5.41) is 1.75. The van der Waals surface area contributed by atoms with Crippen molar-refractivity contribution in [2.45, 2.75) is 0 Å². The molecule has 1 aliphatic heterocycles. The number of anilines is 1. The Morgan fingerprint density at radius 1 is 1.10 bits per heavy atom. The molecule has 0 bridgehead atoms. The number of hydrogen-bond acceptors (Lipinski definition) is 4. The summed E-state index contributed by atoms with van der Waals surface area (Å²) in [6.07, 6.45) is 1.72. The lowest BCUT2D eigenvalue weighted by Gasteiger charge is -2.38. The van der Waals surface area contributed by atoms with Gasteiger partial charge in [-0.3, -0.25) is 9.57 Å². The molecular weight excluding hydrogens is 275 g/mol. The molecule has 0 spiro atoms. The zero-order valence-corrected chi connectivity index (χ0v) is 13.1. The van der Waals surface area contributed by atoms with Crippen molar-refractivity contribution in [1.29, 1.82) is 0 Å². The Morgan fingerprint density at radius 3 is 2.15 bits per heavy atom. The van der Waals surface area contributed by atoms with Crippen molar-refractivity contribution >= 4 is 13.3 Å². The van der Waals surface area contributed by atoms with Gasteiger partial charge in [-0.1, -0.05) is 18.2 Å². The lowest BCUT2D eigenvalue weighted by molar-refractivity contribution is 0.323. The highest BCUT2D eigenvalue weighted by Crippen LogP contribution is 2.54. The van der Waals surface area contributed by atoms with Crippen molar-refractivity contribution < 1.29 is 4.57 Å². The molecule has 1 heterocycles. The minimum absolute atomic E-state index is 0.402. The van der Waals surface area contributed by atoms with Crippen LogP contribution >= 0.6 is 7.59 Å². The highest BCUT2D eigenvalue weighted by molar-refractivity contribution is 7.56. The fraction of sp³-hybridized carbons (Fsp3) is 0.333. The number of nitrogens with zero attached hydrogens (tertiary/aromatic N) is 4. The zero-order chi connectivity index (χ0) is 14.9. The number of rotatable bonds is 4. The van der Waals surface area contributed by atoms with Gasteiger partial charge in [0.2, 0.25) is 0 Å². The third kappa shape index (κ3) is 2.41. The van der Waals surface area contributed by atoms with Gasteiger partial charge in [0.25, 0.3) is 0 Å². The van der Waals surface area contributed by atoms with Crippen LogP contribution < -0.4 is 16.3 Å². The van der Waals surface area contributed by atoms with Crippen molar-refractivity contribution in [3.63, 3.8) is 0 Å². The molecule has 1 aliphatic rings. The fourth-order valence-corrected chi connectivity index (χ4v) is 4.02. The molecule has 20 heavy (non-hydrogen) atoms. The lowest BCUT2D eigenvalue weighted by atomic mass is 10.3. The summed E-state index contributed by atoms with van der Waals surface area (Å²) >= 11 is 0. The monoisotopic (exact) mass is 296 g/mol. The molecular formula is C12H21N6OP. The van der Waals surface area contributed by atoms with Crippen molar-refractivity contribution in [2.24, 2.45) is 5.73 Å². The average Bonchev–Trinajstić information content (AvgIpc) is 2.80. The quantitative estimate of drug-likeness (QED) is 0.810. The summed E-state index contributed by atoms with van der Waals surface area (Å²) in [7, 11) is 4.09. The number of benzene rings is 1. The molecule has 0 saturated heterocycles. The van der Waals surface area contributed by atoms with Gasteiger partial charge in [0.05, 0.1) is 11.9 Å². The molecule has 0 atom stereocenters. The molecule has 1 aromatic carbocycles. The Bertz CT molecular complexity index is 532. The first kappa shape index (κ1) is 14.9. The van der Waals surface area contributed by atoms with Crippen molar-refractivity contribution in [2.75, 3.05) is 33.2 Å². The highest BCUT2D eigenvalue weighted by atomic mass is 31.2. The van der Waals surface area contributed by atoms with Gasteiger partial charge in [0, 0.05) is 0 Å². The van der Waals surface area contributed by atoms with Crippen molar-refractivity contribution in [3.05, 3.63) is 42.4 Å². The summed E-state index contributed by atoms with van der Waals surface area (Å²) in [5.41, 5.74) is 10.0. The minimum atomic E-state index is -2.97. The summed E-state index contributed by atoms with van der Waals surface area (Å²) in [6, 6.07) is 9.68. The van der Waals surface area contributed by atoms with E-state index in [1.807, 2.05) is 30.3 Å². The van der Waals surface area contributed by atoms with Crippen LogP contribution in [0, 0.1) is 0 Å². The summed E-state index contributed by atoms with van der Waals surface area (Å²) in [4.78, 5) is 0. The number of nitrogens with one attached hydrogen (secondary N) is 1. The Labute approximate surface area is 119 Å². The van der Waals surface area contributed by atoms with E-state index in [0.717, 1.165) is 5.69 Å². The summed E-state index contributed by atoms with van der Waals surface area (Å²) in [5.74, 6) is 0.402. The molecule has 1 aromatic rings. The molecule has 0 aromatic heterocycles. The lowest BCUT2D eigenvalue weighted by Crippen LogP contribution is -2.45. The van der Waals surface area contributed by atoms with Gasteiger partial charge in [-0.2, -0.15) is 4.78 Å². The van der Waals surface area contributed by atoms with Crippen LogP contribution in [0.2, 0.25) is 0 Å². The maximum Gasteiger partial charge on any atom is 0.326 e. The molecule has 0 saturated carbocycles. The first-order valence-corrected chi connectivity index (χ1v) is 7.78. The van der Waals surface area contributed by atoms with E-state index in [1.54, 1.807) is 48.7 Å². The number of hydrogen-bond donors (Lipinski definition) is 2. The van der Waals surface area contributed by atoms with Crippen LogP contribution in [-0.2, 0) is 4.57 Å². The van der Waals surface area contributed by atoms with Crippen molar-refractivity contribution in [1.82, 2.24) is 19.7 Å². The van der Waals surface area contributed by atoms with Gasteiger partial charge in [-0.05, 0) is 40.3 Å². The Balaban J connectivity index is 2.30. The van der Waals surface area contributed by atoms with Crippen LogP contribution in [0.5, 0.6) is 0 Å². The molecule has 8 heteroatoms. The zero-order valence-electron chi connectivity index (χ0n) is 12.2. The number of hydrazine groups is 2. The van der Waals surface area contributed by atoms with E-state index >= 15 is 0 Å². The topological polar surface area (TPSA) is 68.1 Å². The molecule has 0 fully saturated rings. The molecule has 110 valence electrons. The fourth-order valence-electron chi connectivity index (χ4n) is 2.02. The van der Waals surface area contributed by atoms with E-state index in [0.29, 0.717) is 5.82 Å². The average molecular weight is 296 g/mol. The van der Waals surface area contributed by atoms with Crippen LogP contribution in [0.4, 0.5) is 5.69 Å². The van der Waals surface area contributed by atoms with Crippen LogP contribution in [0.3, 0.4) is 0 Å². The van der Waals surface area contributed by atoms with Gasteiger partial charge in [0.15, 0.2) is 0 Å². The SMILES string of the molecule is CN(C)P(=O)(N(C)C)N1NN(c2ccccc2)C=C1N. The molecule has 0 unspecified atom stereocenters. The maximum absolute atomic E-state index is 13.2. The Kier molecular flexibility index (Phi) is 4.06. The van der Waals surface area contributed by atoms with Gasteiger partial charge in [-0.15, -0.1) is 5.53 Å². The van der Waals surface area contributed by atoms with Gasteiger partial charge < -0.3 is 5.73 Å². The Hall–Kier alpha value is -1.53. The number of para-hydroxylation sites is 1. The Morgan fingerprint density at radius 2 is 1.65 bits per heavy atom. The molecule has 0 aliphatic carbocycles. The van der Waals surface area contributed by atoms with E-state index in [-0.39, 0.29) is 0 Å².